The molecule has 7 atom stereocenters. The van der Waals surface area contributed by atoms with Crippen molar-refractivity contribution < 1.29 is 38.9 Å². The van der Waals surface area contributed by atoms with Crippen LogP contribution in [0, 0.1) is 17.8 Å². The highest BCUT2D eigenvalue weighted by Gasteiger charge is 2.38. The zero-order valence-corrected chi connectivity index (χ0v) is 34.3. The van der Waals surface area contributed by atoms with Crippen molar-refractivity contribution in [2.45, 2.75) is 130 Å². The number of likely N-dealkylation sites (tertiary alicyclic amines) is 1. The number of carbonyl (C=O) groups excluding carboxylic acids is 4. The molecule has 1 aliphatic rings. The Morgan fingerprint density at radius 1 is 1.00 bits per heavy atom. The number of aliphatic hydroxyl groups excluding tert-OH is 1. The highest BCUT2D eigenvalue weighted by Crippen LogP contribution is 2.36. The molecule has 0 radical (unpaired) electrons. The molecule has 3 rings (SSSR count). The Hall–Kier alpha value is -3.88. The second-order valence-electron chi connectivity index (χ2n) is 15.8. The largest absolute Gasteiger partial charge is 0.481 e. The number of aromatic nitrogens is 1. The molecule has 2 aromatic rings. The predicted molar refractivity (Wildman–Crippen MR) is 208 cm³/mol. The fourth-order valence-electron chi connectivity index (χ4n) is 6.93. The van der Waals surface area contributed by atoms with Crippen LogP contribution < -0.4 is 10.6 Å². The lowest BCUT2D eigenvalue weighted by atomic mass is 9.93. The van der Waals surface area contributed by atoms with Crippen molar-refractivity contribution in [3.63, 3.8) is 0 Å². The monoisotopic (exact) mass is 771 g/mol. The third-order valence-electron chi connectivity index (χ3n) is 10.2. The second kappa shape index (κ2) is 20.2. The smallest absolute Gasteiger partial charge is 0.306 e. The second-order valence-corrected chi connectivity index (χ2v) is 16.8. The molecule has 13 nitrogen and oxygen atoms in total. The number of nitrogens with one attached hydrogen (secondary N) is 2. The van der Waals surface area contributed by atoms with Crippen molar-refractivity contribution in [1.29, 1.82) is 0 Å². The molecule has 1 fully saturated rings. The van der Waals surface area contributed by atoms with Crippen molar-refractivity contribution in [2.75, 3.05) is 20.6 Å². The molecule has 0 aliphatic carbocycles. The number of carboxylic acid groups (broad SMARTS) is 1. The van der Waals surface area contributed by atoms with Gasteiger partial charge in [-0.2, -0.15) is 0 Å². The summed E-state index contributed by atoms with van der Waals surface area (Å²) < 4.78 is 5.86. The van der Waals surface area contributed by atoms with Crippen molar-refractivity contribution in [1.82, 2.24) is 25.4 Å². The Balaban J connectivity index is 1.91. The van der Waals surface area contributed by atoms with E-state index in [2.05, 4.69) is 10.6 Å². The molecule has 1 aromatic carbocycles. The first kappa shape index (κ1) is 44.5. The summed E-state index contributed by atoms with van der Waals surface area (Å²) in [6, 6.07) is 7.22. The van der Waals surface area contributed by atoms with Gasteiger partial charge in [-0.1, -0.05) is 78.8 Å². The van der Waals surface area contributed by atoms with E-state index in [1.807, 2.05) is 83.8 Å². The van der Waals surface area contributed by atoms with Gasteiger partial charge in [0.15, 0.2) is 6.10 Å². The van der Waals surface area contributed by atoms with E-state index in [9.17, 15) is 34.2 Å². The molecular formula is C40H61N5O8S. The lowest BCUT2D eigenvalue weighted by molar-refractivity contribution is -0.149. The van der Waals surface area contributed by atoms with E-state index >= 15 is 0 Å². The molecular weight excluding hydrogens is 711 g/mol. The number of amides is 3. The first-order chi connectivity index (χ1) is 25.3. The number of aliphatic hydroxyl groups is 1. The van der Waals surface area contributed by atoms with E-state index < -0.39 is 60.1 Å². The Kier molecular flexibility index (Phi) is 16.6. The van der Waals surface area contributed by atoms with Gasteiger partial charge in [-0.15, -0.1) is 11.3 Å². The van der Waals surface area contributed by atoms with E-state index in [-0.39, 0.29) is 54.5 Å². The first-order valence-electron chi connectivity index (χ1n) is 19.0. The minimum atomic E-state index is -0.952. The molecule has 14 heteroatoms. The normalized spacial score (nSPS) is 19.1. The minimum Gasteiger partial charge on any atom is -0.481 e. The van der Waals surface area contributed by atoms with Gasteiger partial charge in [-0.05, 0) is 56.0 Å². The Morgan fingerprint density at radius 3 is 2.20 bits per heavy atom. The molecule has 1 aliphatic heterocycles. The third kappa shape index (κ3) is 12.3. The fourth-order valence-corrected chi connectivity index (χ4v) is 8.04. The molecule has 300 valence electrons. The maximum Gasteiger partial charge on any atom is 0.306 e. The van der Waals surface area contributed by atoms with E-state index in [4.69, 9.17) is 9.72 Å². The molecule has 3 amide bonds. The number of carboxylic acids is 1. The Morgan fingerprint density at radius 2 is 1.65 bits per heavy atom. The average molecular weight is 772 g/mol. The number of hydrogen-bond acceptors (Lipinski definition) is 10. The number of ether oxygens (including phenoxy) is 1. The SMILES string of the molecule is CC(=O)OC(CC(C(C)C)N(C)C(=O)C(NC(=O)[C@H]1C[C@H](O)CCN1C)C(C)C)c1nc(C(=O)NC(Cc2ccccc2)CC(C)C(=O)O)c(C(C)C)s1. The molecule has 1 saturated heterocycles. The fraction of sp³-hybridized carbons (Fsp3) is 0.650. The van der Waals surface area contributed by atoms with Crippen LogP contribution in [0.3, 0.4) is 0 Å². The van der Waals surface area contributed by atoms with Crippen molar-refractivity contribution in [2.24, 2.45) is 17.8 Å². The van der Waals surface area contributed by atoms with Gasteiger partial charge < -0.3 is 30.5 Å². The summed E-state index contributed by atoms with van der Waals surface area (Å²) >= 11 is 1.28. The molecule has 0 bridgehead atoms. The van der Waals surface area contributed by atoms with E-state index in [1.54, 1.807) is 18.9 Å². The van der Waals surface area contributed by atoms with Crippen LogP contribution in [0.15, 0.2) is 30.3 Å². The van der Waals surface area contributed by atoms with E-state index in [0.717, 1.165) is 5.56 Å². The van der Waals surface area contributed by atoms with E-state index in [1.165, 1.54) is 18.3 Å². The molecule has 4 N–H and O–H groups in total. The van der Waals surface area contributed by atoms with E-state index in [0.29, 0.717) is 29.3 Å². The van der Waals surface area contributed by atoms with Gasteiger partial charge in [0.05, 0.1) is 18.1 Å². The number of esters is 1. The summed E-state index contributed by atoms with van der Waals surface area (Å²) in [5.74, 6) is -3.67. The molecule has 0 saturated carbocycles. The quantitative estimate of drug-likeness (QED) is 0.154. The van der Waals surface area contributed by atoms with Gasteiger partial charge >= 0.3 is 11.9 Å². The summed E-state index contributed by atoms with van der Waals surface area (Å²) in [4.78, 5) is 74.8. The molecule has 0 spiro atoms. The Bertz CT molecular complexity index is 1580. The van der Waals surface area contributed by atoms with Crippen molar-refractivity contribution >= 4 is 41.0 Å². The van der Waals surface area contributed by atoms with Gasteiger partial charge in [0.2, 0.25) is 11.8 Å². The van der Waals surface area contributed by atoms with Crippen LogP contribution >= 0.6 is 11.3 Å². The van der Waals surface area contributed by atoms with Crippen LogP contribution in [0.2, 0.25) is 0 Å². The van der Waals surface area contributed by atoms with Crippen LogP contribution in [0.4, 0.5) is 0 Å². The van der Waals surface area contributed by atoms with Gasteiger partial charge in [0, 0.05) is 43.9 Å². The number of hydrogen-bond donors (Lipinski definition) is 4. The standard InChI is InChI=1S/C40H61N5O8S/c1-22(2)30(45(10)39(50)33(23(3)4)42-36(48)31-20-29(47)16-17-44(31)9)21-32(53-26(8)46)38-43-34(35(54-38)24(5)6)37(49)41-28(18-25(7)40(51)52)19-27-14-12-11-13-15-27/h11-15,22-25,28-33,47H,16-21H2,1-10H3,(H,41,49)(H,42,48)(H,51,52)/t25?,28?,29-,30?,31-,32?,33?/m1/s1. The van der Waals surface area contributed by atoms with Crippen LogP contribution in [0.1, 0.15) is 119 Å². The lowest BCUT2D eigenvalue weighted by Crippen LogP contribution is -2.58. The molecule has 2 heterocycles. The van der Waals surface area contributed by atoms with Gasteiger partial charge in [-0.3, -0.25) is 28.9 Å². The highest BCUT2D eigenvalue weighted by molar-refractivity contribution is 7.12. The molecule has 5 unspecified atom stereocenters. The average Bonchev–Trinajstić information content (AvgIpc) is 3.55. The number of benzene rings is 1. The number of carbonyl (C=O) groups is 5. The zero-order chi connectivity index (χ0) is 40.4. The first-order valence-corrected chi connectivity index (χ1v) is 19.8. The summed E-state index contributed by atoms with van der Waals surface area (Å²) in [6.45, 7) is 15.0. The third-order valence-corrected chi connectivity index (χ3v) is 11.6. The molecule has 1 aromatic heterocycles. The predicted octanol–water partition coefficient (Wildman–Crippen LogP) is 4.79. The van der Waals surface area contributed by atoms with Gasteiger partial charge in [0.1, 0.15) is 16.7 Å². The topological polar surface area (TPSA) is 178 Å². The van der Waals surface area contributed by atoms with Crippen LogP contribution in [0.5, 0.6) is 0 Å². The summed E-state index contributed by atoms with van der Waals surface area (Å²) in [5, 5.41) is 26.3. The van der Waals surface area contributed by atoms with Crippen LogP contribution in [0.25, 0.3) is 0 Å². The maximum atomic E-state index is 14.2. The number of rotatable bonds is 18. The lowest BCUT2D eigenvalue weighted by Gasteiger charge is -2.38. The minimum absolute atomic E-state index is 0.0950. The van der Waals surface area contributed by atoms with Gasteiger partial charge in [0.25, 0.3) is 5.91 Å². The summed E-state index contributed by atoms with van der Waals surface area (Å²) in [7, 11) is 3.51. The summed E-state index contributed by atoms with van der Waals surface area (Å²) in [6.07, 6.45) is 0.244. The van der Waals surface area contributed by atoms with Crippen LogP contribution in [-0.4, -0.2) is 106 Å². The maximum absolute atomic E-state index is 14.2. The Labute approximate surface area is 324 Å². The zero-order valence-electron chi connectivity index (χ0n) is 33.5. The van der Waals surface area contributed by atoms with Gasteiger partial charge in [-0.25, -0.2) is 4.98 Å². The number of thiazole rings is 1. The number of nitrogens with zero attached hydrogens (tertiary/aromatic N) is 3. The number of aliphatic carboxylic acids is 1. The molecule has 54 heavy (non-hydrogen) atoms. The highest BCUT2D eigenvalue weighted by atomic mass is 32.1. The van der Waals surface area contributed by atoms with Crippen LogP contribution in [-0.2, 0) is 30.3 Å². The number of likely N-dealkylation sites (N-methyl/N-ethyl adjacent to an activating group) is 2. The number of piperidine rings is 1. The van der Waals surface area contributed by atoms with Crippen molar-refractivity contribution in [3.8, 4) is 0 Å². The summed E-state index contributed by atoms with van der Waals surface area (Å²) in [5.41, 5.74) is 1.14. The van der Waals surface area contributed by atoms with Crippen molar-refractivity contribution in [3.05, 3.63) is 51.5 Å².